The highest BCUT2D eigenvalue weighted by atomic mass is 16.3. The molecule has 1 N–H and O–H groups in total. The number of rotatable bonds is 8. The molecule has 2 aromatic rings. The quantitative estimate of drug-likeness (QED) is 0.587. The molecule has 1 unspecified atom stereocenters. The molecule has 0 spiro atoms. The highest BCUT2D eigenvalue weighted by molar-refractivity contribution is 5.43. The molecule has 2 rings (SSSR count). The van der Waals surface area contributed by atoms with E-state index in [-0.39, 0.29) is 5.92 Å². The van der Waals surface area contributed by atoms with E-state index >= 15 is 0 Å². The molecule has 0 bridgehead atoms. The second kappa shape index (κ2) is 8.73. The molecule has 0 aliphatic carbocycles. The highest BCUT2D eigenvalue weighted by Gasteiger charge is 2.34. The Hall–Kier alpha value is -1.80. The summed E-state index contributed by atoms with van der Waals surface area (Å²) in [6, 6.07) is 17.8. The van der Waals surface area contributed by atoms with Crippen molar-refractivity contribution in [2.24, 2.45) is 0 Å². The van der Waals surface area contributed by atoms with Gasteiger partial charge in [0.15, 0.2) is 0 Å². The summed E-state index contributed by atoms with van der Waals surface area (Å²) in [5.74, 6) is 0.630. The van der Waals surface area contributed by atoms with E-state index in [0.717, 1.165) is 29.6 Å². The molecule has 0 amide bonds. The van der Waals surface area contributed by atoms with Crippen LogP contribution in [0.5, 0.6) is 5.75 Å². The van der Waals surface area contributed by atoms with Gasteiger partial charge in [0.1, 0.15) is 5.75 Å². The van der Waals surface area contributed by atoms with Crippen LogP contribution in [0.15, 0.2) is 48.5 Å². The van der Waals surface area contributed by atoms with Gasteiger partial charge in [0.2, 0.25) is 0 Å². The van der Waals surface area contributed by atoms with Crippen LogP contribution in [0.1, 0.15) is 63.6 Å². The largest absolute Gasteiger partial charge is 0.508 e. The summed E-state index contributed by atoms with van der Waals surface area (Å²) in [5.41, 5.74) is 3.54. The van der Waals surface area contributed by atoms with Gasteiger partial charge in [-0.15, -0.1) is 0 Å². The van der Waals surface area contributed by atoms with Crippen molar-refractivity contribution in [1.82, 2.24) is 0 Å². The zero-order valence-electron chi connectivity index (χ0n) is 17.4. The van der Waals surface area contributed by atoms with Crippen molar-refractivity contribution < 1.29 is 9.59 Å². The first-order valence-electron chi connectivity index (χ1n) is 10.0. The zero-order valence-corrected chi connectivity index (χ0v) is 17.4. The van der Waals surface area contributed by atoms with Crippen LogP contribution in [-0.2, 0) is 0 Å². The maximum Gasteiger partial charge on any atom is 0.119 e. The highest BCUT2D eigenvalue weighted by Crippen LogP contribution is 2.36. The lowest BCUT2D eigenvalue weighted by atomic mass is 9.86. The normalized spacial score (nSPS) is 13.4. The average molecular weight is 355 g/mol. The fourth-order valence-electron chi connectivity index (χ4n) is 4.51. The molecule has 0 heterocycles. The Morgan fingerprint density at radius 1 is 0.923 bits per heavy atom. The molecule has 2 aromatic carbocycles. The molecule has 142 valence electrons. The summed E-state index contributed by atoms with van der Waals surface area (Å²) in [5, 5.41) is 10.6. The minimum absolute atomic E-state index is 0.220. The molecule has 2 heteroatoms. The summed E-state index contributed by atoms with van der Waals surface area (Å²) in [6.45, 7) is 16.0. The fourth-order valence-corrected chi connectivity index (χ4v) is 4.51. The predicted octanol–water partition coefficient (Wildman–Crippen LogP) is 5.88. The number of aromatic hydroxyl groups is 1. The van der Waals surface area contributed by atoms with E-state index in [1.54, 1.807) is 0 Å². The molecule has 2 nitrogen and oxygen atoms in total. The minimum atomic E-state index is 0.220. The van der Waals surface area contributed by atoms with Crippen molar-refractivity contribution in [1.29, 1.82) is 0 Å². The van der Waals surface area contributed by atoms with Crippen LogP contribution in [-0.4, -0.2) is 34.8 Å². The van der Waals surface area contributed by atoms with Crippen molar-refractivity contribution in [2.75, 3.05) is 13.1 Å². The van der Waals surface area contributed by atoms with Gasteiger partial charge in [-0.3, -0.25) is 0 Å². The van der Waals surface area contributed by atoms with Crippen LogP contribution >= 0.6 is 0 Å². The maximum atomic E-state index is 10.6. The van der Waals surface area contributed by atoms with E-state index in [1.807, 2.05) is 12.1 Å². The van der Waals surface area contributed by atoms with Gasteiger partial charge in [-0.05, 0) is 53.2 Å². The van der Waals surface area contributed by atoms with Crippen LogP contribution in [0.25, 0.3) is 0 Å². The lowest BCUT2D eigenvalue weighted by Crippen LogP contribution is -2.58. The SMILES string of the molecule is CC[N+](CCC(c1ccccc1)c1cc(C)ccc1O)(C(C)C)C(C)C. The van der Waals surface area contributed by atoms with E-state index in [4.69, 9.17) is 0 Å². The number of aryl methyl sites for hydroxylation is 1. The molecular weight excluding hydrogens is 318 g/mol. The Morgan fingerprint density at radius 2 is 1.54 bits per heavy atom. The van der Waals surface area contributed by atoms with Gasteiger partial charge in [-0.1, -0.05) is 48.0 Å². The van der Waals surface area contributed by atoms with Crippen LogP contribution < -0.4 is 0 Å². The molecule has 0 saturated carbocycles. The summed E-state index contributed by atoms with van der Waals surface area (Å²) in [7, 11) is 0. The number of quaternary nitrogens is 1. The van der Waals surface area contributed by atoms with Gasteiger partial charge in [0, 0.05) is 17.9 Å². The van der Waals surface area contributed by atoms with E-state index in [2.05, 4.69) is 77.9 Å². The second-order valence-electron chi connectivity index (χ2n) is 8.14. The first kappa shape index (κ1) is 20.5. The molecule has 0 saturated heterocycles. The van der Waals surface area contributed by atoms with E-state index < -0.39 is 0 Å². The Morgan fingerprint density at radius 3 is 2.08 bits per heavy atom. The number of phenolic OH excluding ortho intramolecular Hbond substituents is 1. The summed E-state index contributed by atoms with van der Waals surface area (Å²) < 4.78 is 1.11. The maximum absolute atomic E-state index is 10.6. The van der Waals surface area contributed by atoms with Gasteiger partial charge < -0.3 is 9.59 Å². The van der Waals surface area contributed by atoms with Gasteiger partial charge >= 0.3 is 0 Å². The number of hydrogen-bond acceptors (Lipinski definition) is 1. The van der Waals surface area contributed by atoms with Crippen LogP contribution in [0.2, 0.25) is 0 Å². The first-order valence-corrected chi connectivity index (χ1v) is 10.0. The molecule has 1 atom stereocenters. The third-order valence-corrected chi connectivity index (χ3v) is 6.24. The van der Waals surface area contributed by atoms with E-state index in [0.29, 0.717) is 17.8 Å². The third-order valence-electron chi connectivity index (χ3n) is 6.24. The van der Waals surface area contributed by atoms with Crippen molar-refractivity contribution >= 4 is 0 Å². The van der Waals surface area contributed by atoms with Gasteiger partial charge in [-0.25, -0.2) is 0 Å². The molecule has 26 heavy (non-hydrogen) atoms. The Labute approximate surface area is 160 Å². The fraction of sp³-hybridized carbons (Fsp3) is 0.500. The van der Waals surface area contributed by atoms with E-state index in [9.17, 15) is 5.11 Å². The first-order chi connectivity index (χ1) is 12.3. The minimum Gasteiger partial charge on any atom is -0.508 e. The van der Waals surface area contributed by atoms with Crippen molar-refractivity contribution in [3.63, 3.8) is 0 Å². The lowest BCUT2D eigenvalue weighted by Gasteiger charge is -2.46. The van der Waals surface area contributed by atoms with Gasteiger partial charge in [0.25, 0.3) is 0 Å². The average Bonchev–Trinajstić information content (AvgIpc) is 2.61. The zero-order chi connectivity index (χ0) is 19.3. The van der Waals surface area contributed by atoms with Gasteiger partial charge in [-0.2, -0.15) is 0 Å². The summed E-state index contributed by atoms with van der Waals surface area (Å²) in [6.07, 6.45) is 1.03. The molecule has 0 aromatic heterocycles. The molecule has 0 radical (unpaired) electrons. The van der Waals surface area contributed by atoms with Crippen molar-refractivity contribution in [2.45, 2.75) is 66.0 Å². The standard InChI is InChI=1S/C24H35NO/c1-7-25(18(2)3,19(4)5)16-15-22(21-11-9-8-10-12-21)23-17-20(6)13-14-24(23)26/h8-14,17-19,22H,7,15-16H2,1-6H3/p+1. The summed E-state index contributed by atoms with van der Waals surface area (Å²) >= 11 is 0. The van der Waals surface area contributed by atoms with Crippen LogP contribution in [0.3, 0.4) is 0 Å². The molecular formula is C24H36NO+. The summed E-state index contributed by atoms with van der Waals surface area (Å²) in [4.78, 5) is 0. The Balaban J connectivity index is 2.41. The number of phenols is 1. The Bertz CT molecular complexity index is 683. The van der Waals surface area contributed by atoms with Crippen LogP contribution in [0.4, 0.5) is 0 Å². The predicted molar refractivity (Wildman–Crippen MR) is 112 cm³/mol. The molecule has 0 aliphatic rings. The second-order valence-corrected chi connectivity index (χ2v) is 8.14. The Kier molecular flexibility index (Phi) is 6.88. The molecule has 0 aliphatic heterocycles. The molecule has 0 fully saturated rings. The monoisotopic (exact) mass is 354 g/mol. The van der Waals surface area contributed by atoms with Crippen LogP contribution in [0, 0.1) is 6.92 Å². The topological polar surface area (TPSA) is 20.2 Å². The van der Waals surface area contributed by atoms with E-state index in [1.165, 1.54) is 11.1 Å². The van der Waals surface area contributed by atoms with Crippen molar-refractivity contribution in [3.05, 3.63) is 65.2 Å². The third kappa shape index (κ3) is 4.29. The smallest absolute Gasteiger partial charge is 0.119 e. The lowest BCUT2D eigenvalue weighted by molar-refractivity contribution is -0.965. The number of benzene rings is 2. The number of nitrogens with zero attached hydrogens (tertiary/aromatic N) is 1. The number of hydrogen-bond donors (Lipinski definition) is 1. The van der Waals surface area contributed by atoms with Gasteiger partial charge in [0.05, 0.1) is 25.2 Å². The van der Waals surface area contributed by atoms with Crippen molar-refractivity contribution in [3.8, 4) is 5.75 Å².